The summed E-state index contributed by atoms with van der Waals surface area (Å²) in [5, 5.41) is 8.75. The minimum absolute atomic E-state index is 0.115. The second kappa shape index (κ2) is 7.48. The number of benzene rings is 1. The van der Waals surface area contributed by atoms with E-state index in [2.05, 4.69) is 17.0 Å². The summed E-state index contributed by atoms with van der Waals surface area (Å²) in [7, 11) is 1.70. The van der Waals surface area contributed by atoms with Gasteiger partial charge in [-0.25, -0.2) is 0 Å². The Morgan fingerprint density at radius 2 is 2.11 bits per heavy atom. The van der Waals surface area contributed by atoms with E-state index >= 15 is 0 Å². The fourth-order valence-corrected chi connectivity index (χ4v) is 2.48. The van der Waals surface area contributed by atoms with Gasteiger partial charge < -0.3 is 14.6 Å². The fraction of sp³-hybridized carbons (Fsp3) is 0.600. The van der Waals surface area contributed by atoms with Gasteiger partial charge in [0.2, 0.25) is 0 Å². The maximum atomic E-state index is 8.75. The van der Waals surface area contributed by atoms with Crippen LogP contribution in [0.2, 0.25) is 0 Å². The van der Waals surface area contributed by atoms with Gasteiger partial charge >= 0.3 is 0 Å². The van der Waals surface area contributed by atoms with Crippen LogP contribution in [0.15, 0.2) is 24.3 Å². The van der Waals surface area contributed by atoms with Crippen LogP contribution in [0, 0.1) is 0 Å². The van der Waals surface area contributed by atoms with Gasteiger partial charge in [-0.05, 0) is 30.5 Å². The zero-order valence-corrected chi connectivity index (χ0v) is 11.5. The Hall–Kier alpha value is -1.10. The third-order valence-corrected chi connectivity index (χ3v) is 3.52. The van der Waals surface area contributed by atoms with Gasteiger partial charge in [-0.2, -0.15) is 0 Å². The van der Waals surface area contributed by atoms with E-state index in [1.807, 2.05) is 12.1 Å². The summed E-state index contributed by atoms with van der Waals surface area (Å²) < 4.78 is 10.8. The molecule has 0 saturated carbocycles. The van der Waals surface area contributed by atoms with Crippen LogP contribution in [0.25, 0.3) is 0 Å². The predicted octanol–water partition coefficient (Wildman–Crippen LogP) is 1.67. The Labute approximate surface area is 114 Å². The van der Waals surface area contributed by atoms with Crippen molar-refractivity contribution < 1.29 is 14.6 Å². The fourth-order valence-electron chi connectivity index (χ4n) is 2.48. The molecule has 0 atom stereocenters. The lowest BCUT2D eigenvalue weighted by atomic mass is 10.1. The highest BCUT2D eigenvalue weighted by Crippen LogP contribution is 2.18. The van der Waals surface area contributed by atoms with Crippen molar-refractivity contribution in [2.24, 2.45) is 0 Å². The molecule has 1 aromatic rings. The molecule has 4 nitrogen and oxygen atoms in total. The zero-order chi connectivity index (χ0) is 13.5. The number of methoxy groups -OCH3 is 1. The zero-order valence-electron chi connectivity index (χ0n) is 11.5. The molecule has 1 aliphatic heterocycles. The maximum absolute atomic E-state index is 8.75. The predicted molar refractivity (Wildman–Crippen MR) is 74.3 cm³/mol. The molecule has 1 saturated heterocycles. The lowest BCUT2D eigenvalue weighted by molar-refractivity contribution is -0.00902. The van der Waals surface area contributed by atoms with E-state index < -0.39 is 0 Å². The second-order valence-corrected chi connectivity index (χ2v) is 4.92. The van der Waals surface area contributed by atoms with Crippen molar-refractivity contribution in [2.45, 2.75) is 25.5 Å². The van der Waals surface area contributed by atoms with Gasteiger partial charge in [-0.15, -0.1) is 0 Å². The van der Waals surface area contributed by atoms with Gasteiger partial charge in [0.1, 0.15) is 5.75 Å². The lowest BCUT2D eigenvalue weighted by Gasteiger charge is -2.31. The van der Waals surface area contributed by atoms with E-state index in [9.17, 15) is 0 Å². The third-order valence-electron chi connectivity index (χ3n) is 3.52. The van der Waals surface area contributed by atoms with Crippen molar-refractivity contribution in [3.05, 3.63) is 29.8 Å². The molecule has 1 fully saturated rings. The van der Waals surface area contributed by atoms with Crippen LogP contribution in [0.3, 0.4) is 0 Å². The third kappa shape index (κ3) is 4.49. The molecule has 0 unspecified atom stereocenters. The molecule has 0 radical (unpaired) electrons. The topological polar surface area (TPSA) is 41.9 Å². The summed E-state index contributed by atoms with van der Waals surface area (Å²) >= 11 is 0. The molecule has 0 bridgehead atoms. The molecule has 4 heteroatoms. The van der Waals surface area contributed by atoms with E-state index in [0.29, 0.717) is 12.7 Å². The molecule has 106 valence electrons. The molecule has 0 aromatic heterocycles. The Morgan fingerprint density at radius 1 is 1.32 bits per heavy atom. The van der Waals surface area contributed by atoms with Crippen LogP contribution in [0.4, 0.5) is 0 Å². The SMILES string of the molecule is COc1cccc(CN2CCC(OCCO)CC2)c1. The number of piperidine rings is 1. The summed E-state index contributed by atoms with van der Waals surface area (Å²) in [6, 6.07) is 8.23. The highest BCUT2D eigenvalue weighted by atomic mass is 16.5. The summed E-state index contributed by atoms with van der Waals surface area (Å²) in [6.45, 7) is 3.63. The van der Waals surface area contributed by atoms with E-state index in [-0.39, 0.29) is 6.61 Å². The van der Waals surface area contributed by atoms with E-state index in [1.54, 1.807) is 7.11 Å². The number of aliphatic hydroxyl groups is 1. The van der Waals surface area contributed by atoms with Gasteiger partial charge in [-0.1, -0.05) is 12.1 Å². The normalized spacial score (nSPS) is 17.6. The summed E-state index contributed by atoms with van der Waals surface area (Å²) in [5.41, 5.74) is 1.29. The molecule has 1 aliphatic rings. The first kappa shape index (κ1) is 14.3. The van der Waals surface area contributed by atoms with Crippen molar-refractivity contribution in [3.63, 3.8) is 0 Å². The Kier molecular flexibility index (Phi) is 5.63. The number of hydrogen-bond donors (Lipinski definition) is 1. The summed E-state index contributed by atoms with van der Waals surface area (Å²) in [5.74, 6) is 0.915. The largest absolute Gasteiger partial charge is 0.497 e. The first-order valence-electron chi connectivity index (χ1n) is 6.89. The average molecular weight is 265 g/mol. The van der Waals surface area contributed by atoms with Gasteiger partial charge in [0.15, 0.2) is 0 Å². The summed E-state index contributed by atoms with van der Waals surface area (Å²) in [6.07, 6.45) is 2.40. The van der Waals surface area contributed by atoms with Crippen LogP contribution < -0.4 is 4.74 Å². The number of likely N-dealkylation sites (tertiary alicyclic amines) is 1. The Balaban J connectivity index is 1.78. The van der Waals surface area contributed by atoms with E-state index in [1.165, 1.54) is 5.56 Å². The summed E-state index contributed by atoms with van der Waals surface area (Å²) in [4.78, 5) is 2.44. The molecule has 0 aliphatic carbocycles. The molecule has 2 rings (SSSR count). The number of ether oxygens (including phenoxy) is 2. The molecule has 1 N–H and O–H groups in total. The minimum atomic E-state index is 0.115. The van der Waals surface area contributed by atoms with Crippen LogP contribution in [0.1, 0.15) is 18.4 Å². The monoisotopic (exact) mass is 265 g/mol. The Bertz CT molecular complexity index is 375. The van der Waals surface area contributed by atoms with Gasteiger partial charge in [0.05, 0.1) is 26.4 Å². The van der Waals surface area contributed by atoms with Gasteiger partial charge in [0, 0.05) is 19.6 Å². The molecular weight excluding hydrogens is 242 g/mol. The molecular formula is C15H23NO3. The standard InChI is InChI=1S/C15H23NO3/c1-18-15-4-2-3-13(11-15)12-16-7-5-14(6-8-16)19-10-9-17/h2-4,11,14,17H,5-10,12H2,1H3. The van der Waals surface area contributed by atoms with Crippen molar-refractivity contribution in [1.29, 1.82) is 0 Å². The smallest absolute Gasteiger partial charge is 0.119 e. The number of hydrogen-bond acceptors (Lipinski definition) is 4. The number of nitrogens with zero attached hydrogens (tertiary/aromatic N) is 1. The van der Waals surface area contributed by atoms with Gasteiger partial charge in [0.25, 0.3) is 0 Å². The Morgan fingerprint density at radius 3 is 2.79 bits per heavy atom. The van der Waals surface area contributed by atoms with Crippen LogP contribution in [-0.2, 0) is 11.3 Å². The number of aliphatic hydroxyl groups excluding tert-OH is 1. The minimum Gasteiger partial charge on any atom is -0.497 e. The van der Waals surface area contributed by atoms with Crippen LogP contribution in [-0.4, -0.2) is 49.5 Å². The van der Waals surface area contributed by atoms with Crippen LogP contribution >= 0.6 is 0 Å². The van der Waals surface area contributed by atoms with Crippen molar-refractivity contribution in [1.82, 2.24) is 4.90 Å². The number of rotatable bonds is 6. The highest BCUT2D eigenvalue weighted by Gasteiger charge is 2.19. The van der Waals surface area contributed by atoms with Crippen molar-refractivity contribution >= 4 is 0 Å². The maximum Gasteiger partial charge on any atom is 0.119 e. The average Bonchev–Trinajstić information content (AvgIpc) is 2.47. The second-order valence-electron chi connectivity index (χ2n) is 4.92. The quantitative estimate of drug-likeness (QED) is 0.849. The molecule has 1 heterocycles. The van der Waals surface area contributed by atoms with Crippen molar-refractivity contribution in [2.75, 3.05) is 33.4 Å². The highest BCUT2D eigenvalue weighted by molar-refractivity contribution is 5.28. The van der Waals surface area contributed by atoms with E-state index in [0.717, 1.165) is 38.2 Å². The molecule has 1 aromatic carbocycles. The van der Waals surface area contributed by atoms with E-state index in [4.69, 9.17) is 14.6 Å². The molecule has 0 spiro atoms. The van der Waals surface area contributed by atoms with Crippen LogP contribution in [0.5, 0.6) is 5.75 Å². The molecule has 0 amide bonds. The molecule has 19 heavy (non-hydrogen) atoms. The van der Waals surface area contributed by atoms with Gasteiger partial charge in [-0.3, -0.25) is 4.90 Å². The lowest BCUT2D eigenvalue weighted by Crippen LogP contribution is -2.36. The van der Waals surface area contributed by atoms with Crippen molar-refractivity contribution in [3.8, 4) is 5.75 Å². The first-order valence-corrected chi connectivity index (χ1v) is 6.89. The first-order chi connectivity index (χ1) is 9.31.